The van der Waals surface area contributed by atoms with E-state index in [9.17, 15) is 9.90 Å². The van der Waals surface area contributed by atoms with E-state index in [0.29, 0.717) is 18.2 Å². The van der Waals surface area contributed by atoms with Crippen molar-refractivity contribution in [2.75, 3.05) is 38.1 Å². The number of benzene rings is 1. The smallest absolute Gasteiger partial charge is 0.323 e. The molecule has 2 heterocycles. The second-order valence-corrected chi connectivity index (χ2v) is 7.12. The van der Waals surface area contributed by atoms with Crippen LogP contribution in [-0.4, -0.2) is 64.7 Å². The third kappa shape index (κ3) is 4.36. The minimum atomic E-state index is -0.106. The van der Waals surface area contributed by atoms with Crippen molar-refractivity contribution >= 4 is 22.5 Å². The van der Waals surface area contributed by atoms with Crippen LogP contribution in [0.1, 0.15) is 13.3 Å². The number of aliphatic hydroxyl groups is 1. The number of nitrogens with one attached hydrogen (secondary N) is 1. The fourth-order valence-corrected chi connectivity index (χ4v) is 3.84. The molecule has 1 aliphatic heterocycles. The van der Waals surface area contributed by atoms with Gasteiger partial charge in [0.05, 0.1) is 11.5 Å². The van der Waals surface area contributed by atoms with E-state index in [4.69, 9.17) is 0 Å². The van der Waals surface area contributed by atoms with Crippen molar-refractivity contribution in [2.24, 2.45) is 0 Å². The molecule has 1 unspecified atom stereocenters. The van der Waals surface area contributed by atoms with Gasteiger partial charge in [-0.3, -0.25) is 10.2 Å². The molecule has 7 heteroatoms. The standard InChI is InChI=1S/C18H24N4O2S/c1-2-15(13-23)21-8-10-22(11-9-21)18(24)20-17-19-12-16(25-17)14-6-4-3-5-7-14/h3-7,12,15,23H,2,8-11,13H2,1H3,(H,19,20,24). The lowest BCUT2D eigenvalue weighted by Crippen LogP contribution is -2.53. The van der Waals surface area contributed by atoms with Crippen molar-refractivity contribution < 1.29 is 9.90 Å². The van der Waals surface area contributed by atoms with Gasteiger partial charge in [-0.2, -0.15) is 0 Å². The lowest BCUT2D eigenvalue weighted by molar-refractivity contribution is 0.0766. The first kappa shape index (κ1) is 17.8. The van der Waals surface area contributed by atoms with Gasteiger partial charge in [0.1, 0.15) is 0 Å². The van der Waals surface area contributed by atoms with E-state index in [-0.39, 0.29) is 18.7 Å². The molecule has 6 nitrogen and oxygen atoms in total. The number of rotatable bonds is 5. The maximum atomic E-state index is 12.4. The summed E-state index contributed by atoms with van der Waals surface area (Å²) in [5.74, 6) is 0. The molecule has 1 saturated heterocycles. The minimum Gasteiger partial charge on any atom is -0.395 e. The van der Waals surface area contributed by atoms with Gasteiger partial charge in [-0.05, 0) is 12.0 Å². The molecule has 0 radical (unpaired) electrons. The number of hydrogen-bond acceptors (Lipinski definition) is 5. The molecular weight excluding hydrogens is 336 g/mol. The average Bonchev–Trinajstić information content (AvgIpc) is 3.12. The molecule has 0 aliphatic carbocycles. The van der Waals surface area contributed by atoms with E-state index >= 15 is 0 Å². The van der Waals surface area contributed by atoms with Crippen molar-refractivity contribution in [3.05, 3.63) is 36.5 Å². The number of hydrogen-bond donors (Lipinski definition) is 2. The van der Waals surface area contributed by atoms with Gasteiger partial charge in [-0.15, -0.1) is 0 Å². The quantitative estimate of drug-likeness (QED) is 0.860. The second kappa shape index (κ2) is 8.42. The van der Waals surface area contributed by atoms with Crippen molar-refractivity contribution in [2.45, 2.75) is 19.4 Å². The Bertz CT molecular complexity index is 679. The summed E-state index contributed by atoms with van der Waals surface area (Å²) in [6.07, 6.45) is 2.71. The number of amides is 2. The number of aromatic nitrogens is 1. The van der Waals surface area contributed by atoms with Crippen LogP contribution in [0.3, 0.4) is 0 Å². The van der Waals surface area contributed by atoms with Crippen LogP contribution in [-0.2, 0) is 0 Å². The molecule has 2 amide bonds. The Kier molecular flexibility index (Phi) is 6.01. The zero-order chi connectivity index (χ0) is 17.6. The summed E-state index contributed by atoms with van der Waals surface area (Å²) in [6, 6.07) is 10.1. The van der Waals surface area contributed by atoms with Gasteiger partial charge in [-0.25, -0.2) is 9.78 Å². The van der Waals surface area contributed by atoms with E-state index in [1.54, 1.807) is 6.20 Å². The van der Waals surface area contributed by atoms with Crippen molar-refractivity contribution in [3.63, 3.8) is 0 Å². The Hall–Kier alpha value is -1.96. The molecule has 0 saturated carbocycles. The highest BCUT2D eigenvalue weighted by atomic mass is 32.1. The summed E-state index contributed by atoms with van der Waals surface area (Å²) < 4.78 is 0. The highest BCUT2D eigenvalue weighted by Gasteiger charge is 2.25. The predicted molar refractivity (Wildman–Crippen MR) is 101 cm³/mol. The highest BCUT2D eigenvalue weighted by molar-refractivity contribution is 7.19. The summed E-state index contributed by atoms with van der Waals surface area (Å²) in [5.41, 5.74) is 1.10. The van der Waals surface area contributed by atoms with Gasteiger partial charge < -0.3 is 10.0 Å². The molecule has 25 heavy (non-hydrogen) atoms. The van der Waals surface area contributed by atoms with E-state index in [0.717, 1.165) is 30.0 Å². The molecule has 1 atom stereocenters. The number of nitrogens with zero attached hydrogens (tertiary/aromatic N) is 3. The summed E-state index contributed by atoms with van der Waals surface area (Å²) in [5, 5.41) is 12.9. The fourth-order valence-electron chi connectivity index (χ4n) is 3.03. The Morgan fingerprint density at radius 3 is 2.64 bits per heavy atom. The number of aliphatic hydroxyl groups excluding tert-OH is 1. The van der Waals surface area contributed by atoms with E-state index in [2.05, 4.69) is 22.1 Å². The number of thiazole rings is 1. The Morgan fingerprint density at radius 1 is 1.28 bits per heavy atom. The van der Waals surface area contributed by atoms with Crippen LogP contribution in [0.25, 0.3) is 10.4 Å². The van der Waals surface area contributed by atoms with Crippen LogP contribution >= 0.6 is 11.3 Å². The monoisotopic (exact) mass is 360 g/mol. The first-order chi connectivity index (χ1) is 12.2. The Labute approximate surface area is 152 Å². The average molecular weight is 360 g/mol. The zero-order valence-electron chi connectivity index (χ0n) is 14.4. The number of carbonyl (C=O) groups is 1. The molecule has 1 fully saturated rings. The van der Waals surface area contributed by atoms with Crippen LogP contribution in [0.2, 0.25) is 0 Å². The molecule has 0 spiro atoms. The molecular formula is C18H24N4O2S. The highest BCUT2D eigenvalue weighted by Crippen LogP contribution is 2.28. The summed E-state index contributed by atoms with van der Waals surface area (Å²) in [7, 11) is 0. The van der Waals surface area contributed by atoms with E-state index in [1.165, 1.54) is 11.3 Å². The van der Waals surface area contributed by atoms with E-state index < -0.39 is 0 Å². The minimum absolute atomic E-state index is 0.106. The SMILES string of the molecule is CCC(CO)N1CCN(C(=O)Nc2ncc(-c3ccccc3)s2)CC1. The topological polar surface area (TPSA) is 68.7 Å². The van der Waals surface area contributed by atoms with Crippen LogP contribution < -0.4 is 5.32 Å². The molecule has 2 aromatic rings. The molecule has 0 bridgehead atoms. The van der Waals surface area contributed by atoms with E-state index in [1.807, 2.05) is 35.2 Å². The number of piperazine rings is 1. The van der Waals surface area contributed by atoms with Gasteiger partial charge >= 0.3 is 6.03 Å². The zero-order valence-corrected chi connectivity index (χ0v) is 15.2. The first-order valence-electron chi connectivity index (χ1n) is 8.63. The van der Waals surface area contributed by atoms with Gasteiger partial charge in [-0.1, -0.05) is 48.6 Å². The number of urea groups is 1. The largest absolute Gasteiger partial charge is 0.395 e. The van der Waals surface area contributed by atoms with Crippen molar-refractivity contribution in [3.8, 4) is 10.4 Å². The Morgan fingerprint density at radius 2 is 2.00 bits per heavy atom. The second-order valence-electron chi connectivity index (χ2n) is 6.09. The van der Waals surface area contributed by atoms with Crippen molar-refractivity contribution in [1.82, 2.24) is 14.8 Å². The lowest BCUT2D eigenvalue weighted by Gasteiger charge is -2.38. The van der Waals surface area contributed by atoms with Crippen LogP contribution in [0, 0.1) is 0 Å². The summed E-state index contributed by atoms with van der Waals surface area (Å²) in [4.78, 5) is 21.9. The Balaban J connectivity index is 1.54. The molecule has 134 valence electrons. The molecule has 1 aliphatic rings. The van der Waals surface area contributed by atoms with Crippen LogP contribution in [0.5, 0.6) is 0 Å². The molecule has 3 rings (SSSR count). The van der Waals surface area contributed by atoms with Gasteiger partial charge in [0.15, 0.2) is 5.13 Å². The van der Waals surface area contributed by atoms with Gasteiger partial charge in [0.2, 0.25) is 0 Å². The predicted octanol–water partition coefficient (Wildman–Crippen LogP) is 2.73. The fraction of sp³-hybridized carbons (Fsp3) is 0.444. The van der Waals surface area contributed by atoms with Gasteiger partial charge in [0.25, 0.3) is 0 Å². The maximum absolute atomic E-state index is 12.4. The summed E-state index contributed by atoms with van der Waals surface area (Å²) in [6.45, 7) is 5.16. The lowest BCUT2D eigenvalue weighted by atomic mass is 10.2. The third-order valence-electron chi connectivity index (χ3n) is 4.58. The third-order valence-corrected chi connectivity index (χ3v) is 5.54. The van der Waals surface area contributed by atoms with Crippen molar-refractivity contribution in [1.29, 1.82) is 0 Å². The van der Waals surface area contributed by atoms with Gasteiger partial charge in [0, 0.05) is 38.4 Å². The maximum Gasteiger partial charge on any atom is 0.323 e. The molecule has 2 N–H and O–H groups in total. The van der Waals surface area contributed by atoms with Crippen LogP contribution in [0.15, 0.2) is 36.5 Å². The molecule has 1 aromatic heterocycles. The normalized spacial score (nSPS) is 16.6. The van der Waals surface area contributed by atoms with Crippen LogP contribution in [0.4, 0.5) is 9.93 Å². The number of carbonyl (C=O) groups excluding carboxylic acids is 1. The number of anilines is 1. The first-order valence-corrected chi connectivity index (χ1v) is 9.45. The summed E-state index contributed by atoms with van der Waals surface area (Å²) >= 11 is 1.48. The molecule has 1 aromatic carbocycles.